The van der Waals surface area contributed by atoms with Gasteiger partial charge in [-0.1, -0.05) is 47.5 Å². The van der Waals surface area contributed by atoms with Crippen LogP contribution in [0.1, 0.15) is 24.2 Å². The molecule has 1 aromatic heterocycles. The quantitative estimate of drug-likeness (QED) is 0.923. The zero-order valence-electron chi connectivity index (χ0n) is 10.9. The first-order valence-corrected chi connectivity index (χ1v) is 6.90. The summed E-state index contributed by atoms with van der Waals surface area (Å²) in [5.41, 5.74) is 1.91. The number of likely N-dealkylation sites (N-methyl/N-ethyl adjacent to an activating group) is 1. The minimum atomic E-state index is 0.0768. The van der Waals surface area contributed by atoms with Crippen molar-refractivity contribution in [1.82, 2.24) is 20.3 Å². The fourth-order valence-corrected chi connectivity index (χ4v) is 2.47. The second-order valence-electron chi connectivity index (χ2n) is 4.34. The average molecular weight is 299 g/mol. The first kappa shape index (κ1) is 14.3. The molecule has 1 N–H and O–H groups in total. The smallest absolute Gasteiger partial charge is 0.0845 e. The van der Waals surface area contributed by atoms with Crippen molar-refractivity contribution < 1.29 is 0 Å². The van der Waals surface area contributed by atoms with Crippen LogP contribution in [-0.4, -0.2) is 21.5 Å². The minimum absolute atomic E-state index is 0.0768. The molecule has 102 valence electrons. The highest BCUT2D eigenvalue weighted by atomic mass is 35.5. The van der Waals surface area contributed by atoms with Crippen molar-refractivity contribution >= 4 is 23.2 Å². The number of rotatable bonds is 5. The Bertz CT molecular complexity index is 553. The van der Waals surface area contributed by atoms with E-state index in [-0.39, 0.29) is 6.04 Å². The summed E-state index contributed by atoms with van der Waals surface area (Å²) in [6.07, 6.45) is 2.63. The van der Waals surface area contributed by atoms with Gasteiger partial charge in [0.2, 0.25) is 0 Å². The van der Waals surface area contributed by atoms with Gasteiger partial charge in [-0.15, -0.1) is 5.10 Å². The summed E-state index contributed by atoms with van der Waals surface area (Å²) in [7, 11) is 1.85. The van der Waals surface area contributed by atoms with Crippen LogP contribution in [0.15, 0.2) is 24.4 Å². The number of hydrogen-bond acceptors (Lipinski definition) is 3. The molecule has 0 saturated carbocycles. The lowest BCUT2D eigenvalue weighted by Gasteiger charge is -2.19. The van der Waals surface area contributed by atoms with Crippen LogP contribution < -0.4 is 5.32 Å². The Hall–Kier alpha value is -1.10. The van der Waals surface area contributed by atoms with E-state index in [1.807, 2.05) is 25.4 Å². The molecule has 0 bridgehead atoms. The molecule has 4 nitrogen and oxygen atoms in total. The molecule has 2 aromatic rings. The molecule has 0 aliphatic rings. The van der Waals surface area contributed by atoms with Gasteiger partial charge in [-0.25, -0.2) is 0 Å². The van der Waals surface area contributed by atoms with Crippen LogP contribution in [0.3, 0.4) is 0 Å². The summed E-state index contributed by atoms with van der Waals surface area (Å²) in [6, 6.07) is 5.76. The highest BCUT2D eigenvalue weighted by molar-refractivity contribution is 6.42. The van der Waals surface area contributed by atoms with Crippen molar-refractivity contribution in [3.8, 4) is 0 Å². The molecule has 2 rings (SSSR count). The zero-order valence-corrected chi connectivity index (χ0v) is 12.4. The van der Waals surface area contributed by atoms with Crippen molar-refractivity contribution in [2.45, 2.75) is 19.4 Å². The van der Waals surface area contributed by atoms with Gasteiger partial charge in [0.15, 0.2) is 0 Å². The van der Waals surface area contributed by atoms with E-state index in [1.54, 1.807) is 10.7 Å². The van der Waals surface area contributed by atoms with Crippen molar-refractivity contribution in [2.24, 2.45) is 7.05 Å². The number of halogens is 2. The summed E-state index contributed by atoms with van der Waals surface area (Å²) in [4.78, 5) is 0. The van der Waals surface area contributed by atoms with E-state index in [2.05, 4.69) is 22.6 Å². The van der Waals surface area contributed by atoms with E-state index < -0.39 is 0 Å². The van der Waals surface area contributed by atoms with Crippen LogP contribution in [0, 0.1) is 0 Å². The molecule has 1 heterocycles. The van der Waals surface area contributed by atoms with Gasteiger partial charge in [-0.2, -0.15) is 0 Å². The molecule has 19 heavy (non-hydrogen) atoms. The van der Waals surface area contributed by atoms with Gasteiger partial charge >= 0.3 is 0 Å². The maximum absolute atomic E-state index is 6.28. The predicted molar refractivity (Wildman–Crippen MR) is 77.6 cm³/mol. The van der Waals surface area contributed by atoms with Gasteiger partial charge in [-0.3, -0.25) is 4.68 Å². The lowest BCUT2D eigenvalue weighted by atomic mass is 10.0. The van der Waals surface area contributed by atoms with Crippen molar-refractivity contribution in [1.29, 1.82) is 0 Å². The minimum Gasteiger partial charge on any atom is -0.310 e. The largest absolute Gasteiger partial charge is 0.310 e. The molecule has 1 atom stereocenters. The summed E-state index contributed by atoms with van der Waals surface area (Å²) in [5.74, 6) is 0. The van der Waals surface area contributed by atoms with E-state index in [0.29, 0.717) is 10.0 Å². The Kier molecular flexibility index (Phi) is 4.80. The highest BCUT2D eigenvalue weighted by Gasteiger charge is 2.17. The molecule has 0 aliphatic heterocycles. The van der Waals surface area contributed by atoms with E-state index in [9.17, 15) is 0 Å². The Morgan fingerprint density at radius 1 is 1.37 bits per heavy atom. The number of benzene rings is 1. The van der Waals surface area contributed by atoms with Crippen LogP contribution in [0.5, 0.6) is 0 Å². The standard InChI is InChI=1S/C13H16Cl2N4/c1-3-16-12(7-9-8-19(2)18-17-9)10-5-4-6-11(14)13(10)15/h4-6,8,12,16H,3,7H2,1-2H3. The fourth-order valence-electron chi connectivity index (χ4n) is 2.03. The van der Waals surface area contributed by atoms with Gasteiger partial charge < -0.3 is 5.32 Å². The van der Waals surface area contributed by atoms with Crippen LogP contribution in [-0.2, 0) is 13.5 Å². The second-order valence-corrected chi connectivity index (χ2v) is 5.13. The third kappa shape index (κ3) is 3.47. The predicted octanol–water partition coefficient (Wildman–Crippen LogP) is 3.02. The van der Waals surface area contributed by atoms with Crippen LogP contribution in [0.4, 0.5) is 0 Å². The first-order chi connectivity index (χ1) is 9.11. The molecule has 6 heteroatoms. The summed E-state index contributed by atoms with van der Waals surface area (Å²) < 4.78 is 1.69. The number of aryl methyl sites for hydroxylation is 1. The molecule has 0 aliphatic carbocycles. The molecular weight excluding hydrogens is 283 g/mol. The Morgan fingerprint density at radius 2 is 2.16 bits per heavy atom. The Labute approximate surface area is 122 Å². The number of hydrogen-bond donors (Lipinski definition) is 1. The maximum atomic E-state index is 6.28. The SMILES string of the molecule is CCNC(Cc1cn(C)nn1)c1cccc(Cl)c1Cl. The van der Waals surface area contributed by atoms with E-state index in [0.717, 1.165) is 24.2 Å². The Balaban J connectivity index is 2.26. The van der Waals surface area contributed by atoms with Gasteiger partial charge in [0.25, 0.3) is 0 Å². The molecule has 0 radical (unpaired) electrons. The van der Waals surface area contributed by atoms with Crippen molar-refractivity contribution in [2.75, 3.05) is 6.54 Å². The Morgan fingerprint density at radius 3 is 2.79 bits per heavy atom. The van der Waals surface area contributed by atoms with Crippen molar-refractivity contribution in [3.63, 3.8) is 0 Å². The topological polar surface area (TPSA) is 42.7 Å². The summed E-state index contributed by atoms with van der Waals surface area (Å²) in [6.45, 7) is 2.90. The van der Waals surface area contributed by atoms with Crippen LogP contribution in [0.25, 0.3) is 0 Å². The molecule has 1 unspecified atom stereocenters. The number of nitrogens with zero attached hydrogens (tertiary/aromatic N) is 3. The van der Waals surface area contributed by atoms with E-state index in [4.69, 9.17) is 23.2 Å². The maximum Gasteiger partial charge on any atom is 0.0845 e. The molecule has 0 saturated heterocycles. The van der Waals surface area contributed by atoms with Gasteiger partial charge in [-0.05, 0) is 18.2 Å². The van der Waals surface area contributed by atoms with Crippen LogP contribution in [0.2, 0.25) is 10.0 Å². The molecular formula is C13H16Cl2N4. The number of nitrogens with one attached hydrogen (secondary N) is 1. The first-order valence-electron chi connectivity index (χ1n) is 6.14. The van der Waals surface area contributed by atoms with Gasteiger partial charge in [0, 0.05) is 25.7 Å². The lowest BCUT2D eigenvalue weighted by molar-refractivity contribution is 0.543. The fraction of sp³-hybridized carbons (Fsp3) is 0.385. The number of aromatic nitrogens is 3. The summed E-state index contributed by atoms with van der Waals surface area (Å²) in [5, 5.41) is 12.6. The average Bonchev–Trinajstić information content (AvgIpc) is 2.78. The third-order valence-corrected chi connectivity index (χ3v) is 3.70. The van der Waals surface area contributed by atoms with E-state index in [1.165, 1.54) is 0 Å². The van der Waals surface area contributed by atoms with E-state index >= 15 is 0 Å². The summed E-state index contributed by atoms with van der Waals surface area (Å²) >= 11 is 12.4. The molecule has 0 spiro atoms. The van der Waals surface area contributed by atoms with Crippen LogP contribution >= 0.6 is 23.2 Å². The lowest BCUT2D eigenvalue weighted by Crippen LogP contribution is -2.23. The monoisotopic (exact) mass is 298 g/mol. The highest BCUT2D eigenvalue weighted by Crippen LogP contribution is 2.31. The molecule has 0 amide bonds. The zero-order chi connectivity index (χ0) is 13.8. The molecule has 1 aromatic carbocycles. The normalized spacial score (nSPS) is 12.6. The second kappa shape index (κ2) is 6.37. The third-order valence-electron chi connectivity index (χ3n) is 2.87. The van der Waals surface area contributed by atoms with Gasteiger partial charge in [0.1, 0.15) is 0 Å². The molecule has 0 fully saturated rings. The van der Waals surface area contributed by atoms with Gasteiger partial charge in [0.05, 0.1) is 15.7 Å². The van der Waals surface area contributed by atoms with Crippen molar-refractivity contribution in [3.05, 3.63) is 45.7 Å².